The minimum absolute atomic E-state index is 0.429. The van der Waals surface area contributed by atoms with Crippen molar-refractivity contribution in [3.05, 3.63) is 297 Å². The van der Waals surface area contributed by atoms with E-state index in [0.717, 1.165) is 55.6 Å². The fourth-order valence-corrected chi connectivity index (χ4v) is 9.83. The van der Waals surface area contributed by atoms with Crippen LogP contribution in [0.25, 0.3) is 55.6 Å². The van der Waals surface area contributed by atoms with Gasteiger partial charge in [0.2, 0.25) is 0 Å². The van der Waals surface area contributed by atoms with Crippen LogP contribution in [0.3, 0.4) is 0 Å². The van der Waals surface area contributed by atoms with Crippen molar-refractivity contribution < 1.29 is 73.2 Å². The largest absolute Gasteiger partial charge is 0.435 e. The molecule has 10 aromatic rings. The molecule has 534 valence electrons. The highest BCUT2D eigenvalue weighted by Crippen LogP contribution is 2.29. The van der Waals surface area contributed by atoms with Crippen LogP contribution >= 0.6 is 0 Å². The van der Waals surface area contributed by atoms with Crippen molar-refractivity contribution >= 4 is 29.8 Å². The lowest BCUT2D eigenvalue weighted by atomic mass is 9.98. The molecule has 10 aromatic carbocycles. The van der Waals surface area contributed by atoms with Crippen LogP contribution in [-0.4, -0.2) is 89.3 Å². The monoisotopic (exact) mass is 1370 g/mol. The average molecular weight is 1370 g/mol. The lowest BCUT2D eigenvalue weighted by Crippen LogP contribution is -2.05. The van der Waals surface area contributed by atoms with Crippen molar-refractivity contribution in [1.29, 1.82) is 0 Å². The summed E-state index contributed by atoms with van der Waals surface area (Å²) in [5.74, 6) is -2.60. The van der Waals surface area contributed by atoms with E-state index in [-0.39, 0.29) is 0 Å². The maximum Gasteiger partial charge on any atom is 0.340 e. The summed E-state index contributed by atoms with van der Waals surface area (Å²) < 4.78 is 22.6. The second-order valence-corrected chi connectivity index (χ2v) is 21.3. The number of ether oxygens (including phenoxy) is 5. The van der Waals surface area contributed by atoms with Crippen LogP contribution in [0.4, 0.5) is 0 Å². The molecule has 0 fully saturated rings. The molecule has 0 aliphatic heterocycles. The molecule has 5 N–H and O–H groups in total. The third kappa shape index (κ3) is 28.6. The Labute approximate surface area is 597 Å². The first-order chi connectivity index (χ1) is 48.8. The summed E-state index contributed by atoms with van der Waals surface area (Å²) in [7, 11) is 0. The molecule has 0 aromatic heterocycles. The van der Waals surface area contributed by atoms with Crippen molar-refractivity contribution in [1.82, 2.24) is 0 Å². The van der Waals surface area contributed by atoms with Gasteiger partial charge in [0, 0.05) is 0 Å². The number of carbonyl (C=O) groups is 5. The highest BCUT2D eigenvalue weighted by molar-refractivity contribution is 5.93. The molecular formula is C86H100O15. The summed E-state index contributed by atoms with van der Waals surface area (Å²) in [5.41, 5.74) is 22.8. The third-order valence-electron chi connectivity index (χ3n) is 14.5. The Morgan fingerprint density at radius 1 is 0.228 bits per heavy atom. The van der Waals surface area contributed by atoms with Crippen molar-refractivity contribution in [3.8, 4) is 55.6 Å². The van der Waals surface area contributed by atoms with E-state index in [1.54, 1.807) is 60.7 Å². The maximum atomic E-state index is 11.4. The zero-order chi connectivity index (χ0) is 75.4. The van der Waals surface area contributed by atoms with Crippen molar-refractivity contribution in [2.24, 2.45) is 0 Å². The summed E-state index contributed by atoms with van der Waals surface area (Å²) in [6, 6.07) is 70.7. The third-order valence-corrected chi connectivity index (χ3v) is 14.5. The lowest BCUT2D eigenvalue weighted by molar-refractivity contribution is 0.00570. The van der Waals surface area contributed by atoms with Gasteiger partial charge >= 0.3 is 29.8 Å². The summed E-state index contributed by atoms with van der Waals surface area (Å²) in [6.07, 6.45) is 0. The van der Waals surface area contributed by atoms with Gasteiger partial charge in [0.1, 0.15) is 0 Å². The number of aliphatic hydroxyl groups excluding tert-OH is 5. The minimum Gasteiger partial charge on any atom is -0.435 e. The Morgan fingerprint density at radius 3 is 0.564 bits per heavy atom. The number of hydrogen-bond donors (Lipinski definition) is 5. The van der Waals surface area contributed by atoms with Gasteiger partial charge in [0.05, 0.1) is 27.8 Å². The van der Waals surface area contributed by atoms with Gasteiger partial charge in [-0.05, 0) is 194 Å². The molecule has 0 saturated heterocycles. The molecule has 0 unspecified atom stereocenters. The number of hydrogen-bond acceptors (Lipinski definition) is 15. The quantitative estimate of drug-likeness (QED) is 0.0365. The Bertz CT molecular complexity index is 3630. The number of rotatable bonds is 15. The molecule has 0 bridgehead atoms. The second-order valence-electron chi connectivity index (χ2n) is 21.3. The van der Waals surface area contributed by atoms with E-state index < -0.39 is 63.8 Å². The van der Waals surface area contributed by atoms with Gasteiger partial charge in [-0.3, -0.25) is 0 Å². The molecule has 0 radical (unpaired) electrons. The molecule has 15 heteroatoms. The lowest BCUT2D eigenvalue weighted by Gasteiger charge is -2.08. The van der Waals surface area contributed by atoms with Crippen LogP contribution in [0.2, 0.25) is 0 Å². The number of aliphatic hydroxyl groups is 5. The summed E-state index contributed by atoms with van der Waals surface area (Å²) in [4.78, 5) is 57.0. The van der Waals surface area contributed by atoms with Gasteiger partial charge in [-0.25, -0.2) is 24.0 Å². The van der Waals surface area contributed by atoms with E-state index in [1.165, 1.54) is 44.5 Å². The Balaban J connectivity index is 0.000000418. The van der Waals surface area contributed by atoms with E-state index in [9.17, 15) is 24.0 Å². The standard InChI is InChI=1S/4C16H16O3.C14H12O3.4C2H6/c4*1-11-3-8-15(12(2)9-11)13-4-6-14(7-5-13)16(18)19-10-17;15-10-17-14(16)13-8-6-12(7-9-13)11-4-2-1-3-5-11;4*1-2/h4*3-9,17H,10H2,1-2H3;1-9,15H,10H2;4*1-2H3. The summed E-state index contributed by atoms with van der Waals surface area (Å²) in [5, 5.41) is 42.7. The first-order valence-corrected chi connectivity index (χ1v) is 33.5. The second kappa shape index (κ2) is 48.2. The van der Waals surface area contributed by atoms with Crippen LogP contribution in [-0.2, 0) is 23.7 Å². The first kappa shape index (κ1) is 86.4. The molecule has 101 heavy (non-hydrogen) atoms. The van der Waals surface area contributed by atoms with E-state index >= 15 is 0 Å². The van der Waals surface area contributed by atoms with Gasteiger partial charge in [0.15, 0.2) is 34.0 Å². The summed E-state index contributed by atoms with van der Waals surface area (Å²) in [6.45, 7) is 29.5. The van der Waals surface area contributed by atoms with E-state index in [2.05, 4.69) is 152 Å². The molecule has 0 saturated carbocycles. The van der Waals surface area contributed by atoms with E-state index in [0.29, 0.717) is 27.8 Å². The molecule has 0 amide bonds. The zero-order valence-electron chi connectivity index (χ0n) is 61.2. The van der Waals surface area contributed by atoms with Gasteiger partial charge in [-0.15, -0.1) is 0 Å². The molecule has 15 nitrogen and oxygen atoms in total. The Morgan fingerprint density at radius 2 is 0.396 bits per heavy atom. The predicted molar refractivity (Wildman–Crippen MR) is 405 cm³/mol. The van der Waals surface area contributed by atoms with E-state index in [4.69, 9.17) is 25.5 Å². The maximum absolute atomic E-state index is 11.4. The van der Waals surface area contributed by atoms with Gasteiger partial charge in [0.25, 0.3) is 0 Å². The normalized spacial score (nSPS) is 9.63. The number of benzene rings is 10. The molecule has 0 atom stereocenters. The number of aryl methyl sites for hydroxylation is 8. The highest BCUT2D eigenvalue weighted by atomic mass is 16.6. The highest BCUT2D eigenvalue weighted by Gasteiger charge is 2.13. The first-order valence-electron chi connectivity index (χ1n) is 33.5. The van der Waals surface area contributed by atoms with Gasteiger partial charge in [-0.1, -0.05) is 241 Å². The molecule has 0 spiro atoms. The Hall–Kier alpha value is -10.7. The van der Waals surface area contributed by atoms with Crippen LogP contribution in [0.15, 0.2) is 224 Å². The fourth-order valence-electron chi connectivity index (χ4n) is 9.83. The molecular weight excluding hydrogens is 1270 g/mol. The summed E-state index contributed by atoms with van der Waals surface area (Å²) >= 11 is 0. The fraction of sp³-hybridized carbons (Fsp3) is 0.244. The Kier molecular flexibility index (Phi) is 41.2. The predicted octanol–water partition coefficient (Wildman–Crippen LogP) is 18.9. The number of carbonyl (C=O) groups excluding carboxylic acids is 5. The topological polar surface area (TPSA) is 233 Å². The van der Waals surface area contributed by atoms with Crippen LogP contribution < -0.4 is 0 Å². The van der Waals surface area contributed by atoms with Crippen LogP contribution in [0.5, 0.6) is 0 Å². The smallest absolute Gasteiger partial charge is 0.340 e. The van der Waals surface area contributed by atoms with Crippen LogP contribution in [0.1, 0.15) is 152 Å². The minimum atomic E-state index is -0.600. The van der Waals surface area contributed by atoms with Gasteiger partial charge in [-0.2, -0.15) is 0 Å². The van der Waals surface area contributed by atoms with Gasteiger partial charge < -0.3 is 49.2 Å². The number of esters is 5. The zero-order valence-corrected chi connectivity index (χ0v) is 61.2. The SMILES string of the molecule is CC.CC.CC.CC.Cc1ccc(-c2ccc(C(=O)OCO)cc2)c(C)c1.Cc1ccc(-c2ccc(C(=O)OCO)cc2)c(C)c1.Cc1ccc(-c2ccc(C(=O)OCO)cc2)c(C)c1.Cc1ccc(-c2ccc(C(=O)OCO)cc2)c(C)c1.O=C(OCO)c1ccc(-c2ccccc2)cc1. The average Bonchev–Trinajstić information content (AvgIpc) is 0.857. The molecule has 10 rings (SSSR count). The molecule has 0 aliphatic carbocycles. The van der Waals surface area contributed by atoms with Crippen molar-refractivity contribution in [2.75, 3.05) is 34.0 Å². The van der Waals surface area contributed by atoms with Crippen LogP contribution in [0, 0.1) is 55.4 Å². The molecule has 0 aliphatic rings. The van der Waals surface area contributed by atoms with Crippen molar-refractivity contribution in [2.45, 2.75) is 111 Å². The van der Waals surface area contributed by atoms with Crippen molar-refractivity contribution in [3.63, 3.8) is 0 Å². The van der Waals surface area contributed by atoms with E-state index in [1.807, 2.05) is 146 Å². The molecule has 0 heterocycles.